The fourth-order valence-electron chi connectivity index (χ4n) is 13.9. The van der Waals surface area contributed by atoms with Gasteiger partial charge >= 0.3 is 0 Å². The zero-order chi connectivity index (χ0) is 55.0. The van der Waals surface area contributed by atoms with E-state index in [1.807, 2.05) is 0 Å². The molecule has 1 aromatic heterocycles. The molecular weight excluding hydrogens is 1000 g/mol. The number of benzene rings is 13. The minimum Gasteiger partial charge on any atom is -0.344 e. The predicted molar refractivity (Wildman–Crippen MR) is 348 cm³/mol. The third-order valence-electron chi connectivity index (χ3n) is 17.6. The van der Waals surface area contributed by atoms with Crippen LogP contribution in [0.5, 0.6) is 0 Å². The molecule has 0 N–H and O–H groups in total. The molecule has 0 aliphatic heterocycles. The van der Waals surface area contributed by atoms with Gasteiger partial charge in [0.2, 0.25) is 0 Å². The predicted octanol–water partition coefficient (Wildman–Crippen LogP) is 21.3. The van der Waals surface area contributed by atoms with Crippen molar-refractivity contribution >= 4 is 55.9 Å². The molecule has 1 spiro atoms. The van der Waals surface area contributed by atoms with E-state index in [2.05, 4.69) is 337 Å². The normalized spacial score (nSPS) is 13.7. The van der Waals surface area contributed by atoms with Crippen LogP contribution in [0.3, 0.4) is 0 Å². The zero-order valence-electron chi connectivity index (χ0n) is 45.9. The molecule has 13 aromatic carbocycles. The van der Waals surface area contributed by atoms with Crippen molar-refractivity contribution in [3.05, 3.63) is 338 Å². The second kappa shape index (κ2) is 19.5. The van der Waals surface area contributed by atoms with E-state index in [1.165, 1.54) is 88.6 Å². The molecule has 1 atom stereocenters. The fraction of sp³-hybridized carbons (Fsp3) is 0.0250. The van der Waals surface area contributed by atoms with Gasteiger partial charge in [0.15, 0.2) is 0 Å². The molecule has 0 amide bonds. The van der Waals surface area contributed by atoms with Crippen molar-refractivity contribution in [2.45, 2.75) is 5.41 Å². The summed E-state index contributed by atoms with van der Waals surface area (Å²) in [6.07, 6.45) is 0. The molecule has 3 heteroatoms. The molecular formula is C80H55N3. The molecule has 1 unspecified atom stereocenters. The summed E-state index contributed by atoms with van der Waals surface area (Å²) in [6, 6.07) is 117. The molecule has 3 nitrogen and oxygen atoms in total. The van der Waals surface area contributed by atoms with Crippen LogP contribution >= 0.6 is 0 Å². The molecule has 0 saturated carbocycles. The highest BCUT2D eigenvalue weighted by Crippen LogP contribution is 2.66. The first-order valence-corrected chi connectivity index (χ1v) is 28.7. The Morgan fingerprint density at radius 2 is 0.602 bits per heavy atom. The summed E-state index contributed by atoms with van der Waals surface area (Å²) in [6.45, 7) is 0. The number of anilines is 6. The number of rotatable bonds is 10. The summed E-state index contributed by atoms with van der Waals surface area (Å²) in [5, 5.41) is 2.49. The minimum absolute atomic E-state index is 0.714. The second-order valence-electron chi connectivity index (χ2n) is 22.0. The van der Waals surface area contributed by atoms with Crippen LogP contribution in [0, 0.1) is 0 Å². The molecule has 14 aromatic rings. The van der Waals surface area contributed by atoms with Gasteiger partial charge in [0, 0.05) is 57.2 Å². The molecule has 0 saturated heterocycles. The van der Waals surface area contributed by atoms with Gasteiger partial charge in [-0.2, -0.15) is 0 Å². The lowest BCUT2D eigenvalue weighted by Gasteiger charge is -2.35. The number of aromatic nitrogens is 1. The Hall–Kier alpha value is -10.7. The van der Waals surface area contributed by atoms with E-state index in [4.69, 9.17) is 0 Å². The van der Waals surface area contributed by atoms with Crippen LogP contribution < -0.4 is 9.80 Å². The van der Waals surface area contributed by atoms with Gasteiger partial charge in [0.05, 0.1) is 22.3 Å². The van der Waals surface area contributed by atoms with Gasteiger partial charge in [0.25, 0.3) is 0 Å². The van der Waals surface area contributed by atoms with E-state index in [1.54, 1.807) is 0 Å². The van der Waals surface area contributed by atoms with Gasteiger partial charge in [-0.25, -0.2) is 0 Å². The summed E-state index contributed by atoms with van der Waals surface area (Å²) < 4.78 is 2.35. The number of para-hydroxylation sites is 4. The third-order valence-corrected chi connectivity index (χ3v) is 17.6. The first kappa shape index (κ1) is 48.2. The average molecular weight is 1060 g/mol. The SMILES string of the molecule is Cn1c2ccccc2c2ccc(N(c3ccccc3)c3cc4c(cc3-c3ccc(-c5ccccc5)cc3)-c3ccccc3C43c4ccccc4-c4cc(-c5ccc(-c6ccccc6)cc5)c(N(c5ccccc5)c5ccccc5)cc43)cc21. The van der Waals surface area contributed by atoms with Crippen molar-refractivity contribution in [1.82, 2.24) is 4.57 Å². The highest BCUT2D eigenvalue weighted by Gasteiger charge is 2.53. The lowest BCUT2D eigenvalue weighted by molar-refractivity contribution is 0.793. The van der Waals surface area contributed by atoms with Crippen LogP contribution in [0.1, 0.15) is 22.3 Å². The van der Waals surface area contributed by atoms with Crippen LogP contribution in [0.4, 0.5) is 34.1 Å². The number of nitrogens with zero attached hydrogens (tertiary/aromatic N) is 3. The van der Waals surface area contributed by atoms with Crippen LogP contribution in [0.2, 0.25) is 0 Å². The highest BCUT2D eigenvalue weighted by molar-refractivity contribution is 6.10. The smallest absolute Gasteiger partial charge is 0.0727 e. The lowest BCUT2D eigenvalue weighted by atomic mass is 9.70. The number of hydrogen-bond acceptors (Lipinski definition) is 2. The monoisotopic (exact) mass is 1060 g/mol. The van der Waals surface area contributed by atoms with Crippen LogP contribution in [-0.2, 0) is 12.5 Å². The van der Waals surface area contributed by atoms with Gasteiger partial charge in [-0.1, -0.05) is 237 Å². The zero-order valence-corrected chi connectivity index (χ0v) is 45.9. The van der Waals surface area contributed by atoms with Crippen LogP contribution in [0.25, 0.3) is 88.6 Å². The summed E-state index contributed by atoms with van der Waals surface area (Å²) in [5.41, 5.74) is 27.6. The van der Waals surface area contributed by atoms with E-state index >= 15 is 0 Å². The molecule has 1 heterocycles. The second-order valence-corrected chi connectivity index (χ2v) is 22.0. The van der Waals surface area contributed by atoms with Gasteiger partial charge in [-0.05, 0) is 157 Å². The molecule has 16 rings (SSSR count). The Labute approximate surface area is 484 Å². The van der Waals surface area contributed by atoms with Crippen molar-refractivity contribution in [2.75, 3.05) is 9.80 Å². The van der Waals surface area contributed by atoms with Crippen molar-refractivity contribution < 1.29 is 0 Å². The Morgan fingerprint density at radius 1 is 0.241 bits per heavy atom. The topological polar surface area (TPSA) is 11.4 Å². The van der Waals surface area contributed by atoms with Gasteiger partial charge in [-0.3, -0.25) is 0 Å². The lowest BCUT2D eigenvalue weighted by Crippen LogP contribution is -2.27. The summed E-state index contributed by atoms with van der Waals surface area (Å²) in [4.78, 5) is 4.98. The van der Waals surface area contributed by atoms with E-state index in [0.29, 0.717) is 0 Å². The van der Waals surface area contributed by atoms with Crippen molar-refractivity contribution in [3.63, 3.8) is 0 Å². The van der Waals surface area contributed by atoms with Crippen LogP contribution in [0.15, 0.2) is 315 Å². The maximum Gasteiger partial charge on any atom is 0.0727 e. The fourth-order valence-corrected chi connectivity index (χ4v) is 13.9. The standard InChI is InChI=1S/C80H55N3/c1-81-76-38-22-19-35-66(76)67-48-47-63(49-77(67)81)83(62-31-15-6-16-32-62)79-53-75-71(51-69(79)59-45-41-57(42-46-59)55-25-9-3-10-26-55)65-34-18-21-37-73(65)80(75)72-36-20-17-33-64(72)70-50-68(58-43-39-56(40-44-58)54-23-7-2-8-24-54)78(52-74(70)80)82(60-27-11-4-12-28-60)61-29-13-5-14-30-61/h2-53H,1H3. The Bertz CT molecular complexity index is 4710. The van der Waals surface area contributed by atoms with E-state index in [-0.39, 0.29) is 0 Å². The Kier molecular flexibility index (Phi) is 11.3. The Morgan fingerprint density at radius 3 is 1.07 bits per heavy atom. The number of fused-ring (bicyclic) bond motifs is 13. The van der Waals surface area contributed by atoms with Crippen LogP contribution in [-0.4, -0.2) is 4.57 Å². The Balaban J connectivity index is 0.999. The maximum atomic E-state index is 2.57. The van der Waals surface area contributed by atoms with E-state index in [0.717, 1.165) is 56.4 Å². The van der Waals surface area contributed by atoms with Gasteiger partial charge < -0.3 is 14.4 Å². The molecule has 2 aliphatic rings. The molecule has 390 valence electrons. The molecule has 0 bridgehead atoms. The summed E-state index contributed by atoms with van der Waals surface area (Å²) in [5.74, 6) is 0. The minimum atomic E-state index is -0.714. The quantitative estimate of drug-likeness (QED) is 0.135. The van der Waals surface area contributed by atoms with Gasteiger partial charge in [-0.15, -0.1) is 0 Å². The van der Waals surface area contributed by atoms with E-state index < -0.39 is 5.41 Å². The average Bonchev–Trinajstić information content (AvgIpc) is 2.10. The molecule has 2 aliphatic carbocycles. The van der Waals surface area contributed by atoms with Gasteiger partial charge in [0.1, 0.15) is 0 Å². The van der Waals surface area contributed by atoms with E-state index in [9.17, 15) is 0 Å². The number of hydrogen-bond donors (Lipinski definition) is 0. The summed E-state index contributed by atoms with van der Waals surface area (Å²) >= 11 is 0. The first-order chi connectivity index (χ1) is 41.1. The maximum absolute atomic E-state index is 2.57. The van der Waals surface area contributed by atoms with Crippen molar-refractivity contribution in [1.29, 1.82) is 0 Å². The van der Waals surface area contributed by atoms with Crippen molar-refractivity contribution in [2.24, 2.45) is 7.05 Å². The largest absolute Gasteiger partial charge is 0.344 e. The molecule has 0 fully saturated rings. The molecule has 83 heavy (non-hydrogen) atoms. The third kappa shape index (κ3) is 7.66. The summed E-state index contributed by atoms with van der Waals surface area (Å²) in [7, 11) is 2.20. The number of aryl methyl sites for hydroxylation is 1. The molecule has 0 radical (unpaired) electrons. The van der Waals surface area contributed by atoms with Crippen molar-refractivity contribution in [3.8, 4) is 66.8 Å². The highest BCUT2D eigenvalue weighted by atomic mass is 15.2. The first-order valence-electron chi connectivity index (χ1n) is 28.7.